The fourth-order valence-electron chi connectivity index (χ4n) is 4.47. The lowest BCUT2D eigenvalue weighted by Gasteiger charge is -2.22. The van der Waals surface area contributed by atoms with Gasteiger partial charge in [-0.2, -0.15) is 0 Å². The van der Waals surface area contributed by atoms with Crippen LogP contribution in [0.5, 0.6) is 17.2 Å². The third-order valence-electron chi connectivity index (χ3n) is 6.67. The molecule has 1 aliphatic heterocycles. The van der Waals surface area contributed by atoms with Crippen molar-refractivity contribution in [1.29, 1.82) is 0 Å². The molecule has 0 saturated carbocycles. The number of ether oxygens (including phenoxy) is 3. The number of carbonyl (C=O) groups excluding carboxylic acids is 1. The van der Waals surface area contributed by atoms with E-state index in [2.05, 4.69) is 9.44 Å². The summed E-state index contributed by atoms with van der Waals surface area (Å²) in [6.07, 6.45) is 3.88. The first-order chi connectivity index (χ1) is 19.6. The normalized spacial score (nSPS) is 14.1. The Hall–Kier alpha value is -3.97. The van der Waals surface area contributed by atoms with Gasteiger partial charge in [0, 0.05) is 24.8 Å². The number of amides is 1. The molecule has 1 saturated heterocycles. The average Bonchev–Trinajstić information content (AvgIpc) is 3.26. The van der Waals surface area contributed by atoms with Crippen LogP contribution >= 0.6 is 0 Å². The van der Waals surface area contributed by atoms with Crippen molar-refractivity contribution in [3.8, 4) is 17.2 Å². The van der Waals surface area contributed by atoms with E-state index in [1.54, 1.807) is 17.0 Å². The maximum atomic E-state index is 13.3. The second kappa shape index (κ2) is 12.7. The van der Waals surface area contributed by atoms with E-state index in [9.17, 15) is 21.6 Å². The number of methoxy groups -OCH3 is 3. The van der Waals surface area contributed by atoms with Gasteiger partial charge in [0.2, 0.25) is 0 Å². The Morgan fingerprint density at radius 1 is 0.683 bits per heavy atom. The van der Waals surface area contributed by atoms with Crippen molar-refractivity contribution in [3.63, 3.8) is 0 Å². The van der Waals surface area contributed by atoms with E-state index in [1.165, 1.54) is 69.9 Å². The van der Waals surface area contributed by atoms with Gasteiger partial charge in [-0.1, -0.05) is 12.8 Å². The number of hydrogen-bond donors (Lipinski definition) is 2. The van der Waals surface area contributed by atoms with Gasteiger partial charge >= 0.3 is 0 Å². The predicted molar refractivity (Wildman–Crippen MR) is 155 cm³/mol. The molecule has 3 aromatic rings. The van der Waals surface area contributed by atoms with E-state index >= 15 is 0 Å². The molecular formula is C28H33N3O8S2. The standard InChI is InChI=1S/C28H33N3O8S2/c1-37-21-10-14-25(27(18-21)39-3)30-40(33,34)22-11-8-20(9-12-22)29-41(35,36)23-13-15-26(38-2)24(19-23)28(32)31-16-6-4-5-7-17-31/h8-15,18-19,29-30H,4-7,16-17H2,1-3H3. The first kappa shape index (κ1) is 30.0. The molecule has 1 fully saturated rings. The molecule has 1 amide bonds. The lowest BCUT2D eigenvalue weighted by molar-refractivity contribution is 0.0758. The summed E-state index contributed by atoms with van der Waals surface area (Å²) in [5, 5.41) is 0. The second-order valence-electron chi connectivity index (χ2n) is 9.37. The number of carbonyl (C=O) groups is 1. The smallest absolute Gasteiger partial charge is 0.262 e. The Morgan fingerprint density at radius 3 is 1.90 bits per heavy atom. The molecule has 13 heteroatoms. The van der Waals surface area contributed by atoms with Crippen LogP contribution in [0.15, 0.2) is 70.5 Å². The van der Waals surface area contributed by atoms with Crippen LogP contribution in [0, 0.1) is 0 Å². The summed E-state index contributed by atoms with van der Waals surface area (Å²) in [5.74, 6) is 0.771. The molecule has 0 radical (unpaired) electrons. The lowest BCUT2D eigenvalue weighted by atomic mass is 10.1. The van der Waals surface area contributed by atoms with Crippen LogP contribution < -0.4 is 23.7 Å². The van der Waals surface area contributed by atoms with Gasteiger partial charge in [0.25, 0.3) is 26.0 Å². The Labute approximate surface area is 240 Å². The van der Waals surface area contributed by atoms with Crippen LogP contribution in [-0.4, -0.2) is 62.1 Å². The van der Waals surface area contributed by atoms with E-state index in [0.29, 0.717) is 18.8 Å². The summed E-state index contributed by atoms with van der Waals surface area (Å²) in [5.41, 5.74) is 0.518. The third-order valence-corrected chi connectivity index (χ3v) is 9.44. The number of nitrogens with zero attached hydrogens (tertiary/aromatic N) is 1. The van der Waals surface area contributed by atoms with Crippen LogP contribution in [0.1, 0.15) is 36.0 Å². The predicted octanol–water partition coefficient (Wildman–Crippen LogP) is 4.33. The minimum absolute atomic E-state index is 0.0897. The number of rotatable bonds is 10. The molecule has 0 bridgehead atoms. The Kier molecular flexibility index (Phi) is 9.28. The monoisotopic (exact) mass is 603 g/mol. The van der Waals surface area contributed by atoms with E-state index in [-0.39, 0.29) is 44.1 Å². The number of likely N-dealkylation sites (tertiary alicyclic amines) is 1. The summed E-state index contributed by atoms with van der Waals surface area (Å²) in [7, 11) is -3.82. The highest BCUT2D eigenvalue weighted by atomic mass is 32.2. The average molecular weight is 604 g/mol. The first-order valence-corrected chi connectivity index (χ1v) is 15.9. The first-order valence-electron chi connectivity index (χ1n) is 12.9. The van der Waals surface area contributed by atoms with Crippen molar-refractivity contribution in [1.82, 2.24) is 4.90 Å². The number of hydrogen-bond acceptors (Lipinski definition) is 8. The quantitative estimate of drug-likeness (QED) is 0.349. The van der Waals surface area contributed by atoms with E-state index < -0.39 is 20.0 Å². The highest BCUT2D eigenvalue weighted by Crippen LogP contribution is 2.31. The van der Waals surface area contributed by atoms with Crippen LogP contribution in [0.25, 0.3) is 0 Å². The zero-order chi connectivity index (χ0) is 29.6. The highest BCUT2D eigenvalue weighted by Gasteiger charge is 2.25. The molecule has 4 rings (SSSR count). The summed E-state index contributed by atoms with van der Waals surface area (Å²) in [4.78, 5) is 14.8. The molecular weight excluding hydrogens is 570 g/mol. The van der Waals surface area contributed by atoms with E-state index in [1.807, 2.05) is 0 Å². The van der Waals surface area contributed by atoms with E-state index in [0.717, 1.165) is 25.7 Å². The van der Waals surface area contributed by atoms with Gasteiger partial charge in [-0.25, -0.2) is 16.8 Å². The molecule has 0 aromatic heterocycles. The van der Waals surface area contributed by atoms with Gasteiger partial charge < -0.3 is 19.1 Å². The van der Waals surface area contributed by atoms with Crippen molar-refractivity contribution in [2.24, 2.45) is 0 Å². The van der Waals surface area contributed by atoms with Crippen molar-refractivity contribution in [2.75, 3.05) is 43.9 Å². The Bertz CT molecular complexity index is 1600. The van der Waals surface area contributed by atoms with Crippen LogP contribution in [0.3, 0.4) is 0 Å². The fourth-order valence-corrected chi connectivity index (χ4v) is 6.62. The van der Waals surface area contributed by atoms with Crippen molar-refractivity contribution in [3.05, 3.63) is 66.2 Å². The van der Waals surface area contributed by atoms with Crippen LogP contribution in [0.2, 0.25) is 0 Å². The SMILES string of the molecule is COc1ccc(NS(=O)(=O)c2ccc(NS(=O)(=O)c3ccc(OC)c(C(=O)N4CCCCCC4)c3)cc2)c(OC)c1. The maximum Gasteiger partial charge on any atom is 0.262 e. The van der Waals surface area contributed by atoms with Gasteiger partial charge in [0.1, 0.15) is 17.2 Å². The molecule has 0 spiro atoms. The molecule has 11 nitrogen and oxygen atoms in total. The second-order valence-corrected chi connectivity index (χ2v) is 12.7. The molecule has 0 unspecified atom stereocenters. The Morgan fingerprint density at radius 2 is 1.29 bits per heavy atom. The summed E-state index contributed by atoms with van der Waals surface area (Å²) in [6, 6.07) is 14.0. The van der Waals surface area contributed by atoms with E-state index in [4.69, 9.17) is 14.2 Å². The molecule has 3 aromatic carbocycles. The molecule has 0 aliphatic carbocycles. The van der Waals surface area contributed by atoms with Crippen LogP contribution in [0.4, 0.5) is 11.4 Å². The summed E-state index contributed by atoms with van der Waals surface area (Å²) >= 11 is 0. The summed E-state index contributed by atoms with van der Waals surface area (Å²) < 4.78 is 73.0. The van der Waals surface area contributed by atoms with Crippen molar-refractivity contribution in [2.45, 2.75) is 35.5 Å². The van der Waals surface area contributed by atoms with Crippen molar-refractivity contribution < 1.29 is 35.8 Å². The Balaban J connectivity index is 1.53. The van der Waals surface area contributed by atoms with Gasteiger partial charge in [-0.05, 0) is 67.4 Å². The zero-order valence-corrected chi connectivity index (χ0v) is 24.7. The van der Waals surface area contributed by atoms with Gasteiger partial charge in [0.05, 0.1) is 42.4 Å². The molecule has 220 valence electrons. The van der Waals surface area contributed by atoms with Gasteiger partial charge in [-0.15, -0.1) is 0 Å². The lowest BCUT2D eigenvalue weighted by Crippen LogP contribution is -2.32. The molecule has 1 aliphatic rings. The molecule has 0 atom stereocenters. The van der Waals surface area contributed by atoms with Gasteiger partial charge in [0.15, 0.2) is 0 Å². The summed E-state index contributed by atoms with van der Waals surface area (Å²) in [6.45, 7) is 1.21. The van der Waals surface area contributed by atoms with Crippen molar-refractivity contribution >= 4 is 37.3 Å². The highest BCUT2D eigenvalue weighted by molar-refractivity contribution is 7.93. The molecule has 41 heavy (non-hydrogen) atoms. The molecule has 2 N–H and O–H groups in total. The van der Waals surface area contributed by atoms with Gasteiger partial charge in [-0.3, -0.25) is 14.2 Å². The number of anilines is 2. The molecule has 1 heterocycles. The third kappa shape index (κ3) is 7.03. The van der Waals surface area contributed by atoms with Crippen LogP contribution in [-0.2, 0) is 20.0 Å². The topological polar surface area (TPSA) is 140 Å². The number of nitrogens with one attached hydrogen (secondary N) is 2. The minimum Gasteiger partial charge on any atom is -0.497 e. The number of benzene rings is 3. The minimum atomic E-state index is -4.11. The largest absolute Gasteiger partial charge is 0.497 e. The maximum absolute atomic E-state index is 13.3. The number of sulfonamides is 2. The fraction of sp³-hybridized carbons (Fsp3) is 0.321. The zero-order valence-electron chi connectivity index (χ0n) is 23.0.